The van der Waals surface area contributed by atoms with Gasteiger partial charge in [-0.3, -0.25) is 4.90 Å². The van der Waals surface area contributed by atoms with Crippen molar-refractivity contribution < 1.29 is 27.8 Å². The number of hydrogen-bond acceptors (Lipinski definition) is 9. The molecule has 2 fully saturated rings. The van der Waals surface area contributed by atoms with Crippen LogP contribution >= 0.6 is 0 Å². The van der Waals surface area contributed by atoms with Gasteiger partial charge in [0.1, 0.15) is 29.6 Å². The van der Waals surface area contributed by atoms with Crippen LogP contribution in [-0.2, 0) is 29.2 Å². The summed E-state index contributed by atoms with van der Waals surface area (Å²) in [5.41, 5.74) is 1.51. The molecule has 10 nitrogen and oxygen atoms in total. The number of nitrogens with zero attached hydrogens (tertiary/aromatic N) is 6. The molecule has 2 aromatic carbocycles. The van der Waals surface area contributed by atoms with Gasteiger partial charge in [0.25, 0.3) is 0 Å². The quantitative estimate of drug-likeness (QED) is 0.268. The van der Waals surface area contributed by atoms with Gasteiger partial charge < -0.3 is 23.7 Å². The number of fused-ring (bicyclic) bond motifs is 1. The fourth-order valence-electron chi connectivity index (χ4n) is 5.30. The van der Waals surface area contributed by atoms with Crippen LogP contribution in [0.25, 0.3) is 11.0 Å². The molecule has 6 rings (SSSR count). The molecule has 0 unspecified atom stereocenters. The summed E-state index contributed by atoms with van der Waals surface area (Å²) in [5.74, 6) is 0.186. The first kappa shape index (κ1) is 28.5. The summed E-state index contributed by atoms with van der Waals surface area (Å²) in [5, 5.41) is 8.93. The summed E-state index contributed by atoms with van der Waals surface area (Å²) in [7, 11) is 1.27. The number of pyridine rings is 1. The molecule has 222 valence electrons. The van der Waals surface area contributed by atoms with E-state index in [9.17, 15) is 9.18 Å². The molecule has 2 aliphatic heterocycles. The highest BCUT2D eigenvalue weighted by Crippen LogP contribution is 2.26. The number of esters is 1. The van der Waals surface area contributed by atoms with Gasteiger partial charge in [-0.05, 0) is 36.8 Å². The van der Waals surface area contributed by atoms with E-state index in [0.29, 0.717) is 55.6 Å². The Balaban J connectivity index is 1.12. The molecule has 0 spiro atoms. The molecule has 1 atom stereocenters. The molecular formula is C31H30F2N6O4. The maximum Gasteiger partial charge on any atom is 0.338 e. The molecule has 0 N–H and O–H groups in total. The molecule has 4 aromatic rings. The summed E-state index contributed by atoms with van der Waals surface area (Å²) in [6.45, 7) is 4.58. The molecule has 2 aliphatic rings. The fourth-order valence-corrected chi connectivity index (χ4v) is 5.30. The van der Waals surface area contributed by atoms with E-state index in [2.05, 4.69) is 19.8 Å². The van der Waals surface area contributed by atoms with Crippen LogP contribution in [0.4, 0.5) is 14.6 Å². The highest BCUT2D eigenvalue weighted by Gasteiger charge is 2.26. The van der Waals surface area contributed by atoms with Gasteiger partial charge in [0.05, 0.1) is 49.0 Å². The molecule has 0 aliphatic carbocycles. The second kappa shape index (κ2) is 12.3. The fraction of sp³-hybridized carbons (Fsp3) is 0.355. The van der Waals surface area contributed by atoms with Gasteiger partial charge in [0.2, 0.25) is 5.88 Å². The number of hydrogen-bond donors (Lipinski definition) is 0. The number of piperazine rings is 1. The number of carbonyl (C=O) groups excluding carboxylic acids is 1. The van der Waals surface area contributed by atoms with Crippen molar-refractivity contribution in [2.24, 2.45) is 0 Å². The highest BCUT2D eigenvalue weighted by atomic mass is 19.1. The average molecular weight is 589 g/mol. The van der Waals surface area contributed by atoms with Crippen LogP contribution in [0.1, 0.15) is 33.7 Å². The molecule has 43 heavy (non-hydrogen) atoms. The van der Waals surface area contributed by atoms with Crippen molar-refractivity contribution in [3.63, 3.8) is 0 Å². The topological polar surface area (TPSA) is 106 Å². The first-order valence-electron chi connectivity index (χ1n) is 14.1. The Hall–Kier alpha value is -4.60. The third kappa shape index (κ3) is 6.14. The van der Waals surface area contributed by atoms with E-state index in [1.807, 2.05) is 22.8 Å². The Kier molecular flexibility index (Phi) is 8.18. The number of anilines is 1. The molecule has 0 radical (unpaired) electrons. The van der Waals surface area contributed by atoms with Crippen LogP contribution in [0.2, 0.25) is 0 Å². The maximum absolute atomic E-state index is 15.0. The Labute approximate surface area is 247 Å². The van der Waals surface area contributed by atoms with Gasteiger partial charge in [0.15, 0.2) is 5.82 Å². The van der Waals surface area contributed by atoms with Crippen LogP contribution in [0, 0.1) is 23.0 Å². The molecular weight excluding hydrogens is 558 g/mol. The lowest BCUT2D eigenvalue weighted by atomic mass is 10.1. The lowest BCUT2D eigenvalue weighted by Crippen LogP contribution is -2.46. The normalized spacial score (nSPS) is 17.0. The van der Waals surface area contributed by atoms with Crippen LogP contribution in [0.15, 0.2) is 48.5 Å². The zero-order valence-electron chi connectivity index (χ0n) is 23.6. The number of aromatic nitrogens is 3. The molecule has 4 heterocycles. The van der Waals surface area contributed by atoms with E-state index in [-0.39, 0.29) is 29.4 Å². The van der Waals surface area contributed by atoms with E-state index < -0.39 is 17.6 Å². The number of ether oxygens (including phenoxy) is 3. The second-order valence-electron chi connectivity index (χ2n) is 10.5. The van der Waals surface area contributed by atoms with Crippen LogP contribution in [0.3, 0.4) is 0 Å². The van der Waals surface area contributed by atoms with Crippen molar-refractivity contribution in [2.45, 2.75) is 32.2 Å². The van der Waals surface area contributed by atoms with Gasteiger partial charge in [0, 0.05) is 44.4 Å². The Morgan fingerprint density at radius 2 is 1.91 bits per heavy atom. The smallest absolute Gasteiger partial charge is 0.338 e. The zero-order valence-corrected chi connectivity index (χ0v) is 23.6. The Morgan fingerprint density at radius 1 is 1.09 bits per heavy atom. The Morgan fingerprint density at radius 3 is 2.60 bits per heavy atom. The number of rotatable bonds is 9. The van der Waals surface area contributed by atoms with Crippen molar-refractivity contribution in [1.29, 1.82) is 5.26 Å². The number of nitriles is 1. The van der Waals surface area contributed by atoms with Crippen LogP contribution in [0.5, 0.6) is 5.88 Å². The summed E-state index contributed by atoms with van der Waals surface area (Å²) in [6.07, 6.45) is 0.932. The van der Waals surface area contributed by atoms with E-state index in [1.165, 1.54) is 25.3 Å². The lowest BCUT2D eigenvalue weighted by Gasteiger charge is -2.35. The summed E-state index contributed by atoms with van der Waals surface area (Å²) < 4.78 is 47.5. The third-order valence-electron chi connectivity index (χ3n) is 7.82. The number of halogens is 2. The number of carbonyl (C=O) groups is 1. The van der Waals surface area contributed by atoms with Crippen molar-refractivity contribution in [3.8, 4) is 11.9 Å². The maximum atomic E-state index is 15.0. The molecule has 2 aromatic heterocycles. The van der Waals surface area contributed by atoms with E-state index >= 15 is 4.39 Å². The molecule has 0 bridgehead atoms. The SMILES string of the molecule is COC(=O)c1cc(F)c2nc(CN3CCN(c4cccc(OCc5ccc(C#N)cc5F)n4)CC3)n(C[C@@H]3CCO3)c2c1. The number of benzene rings is 2. The molecule has 12 heteroatoms. The number of imidazole rings is 1. The first-order valence-corrected chi connectivity index (χ1v) is 14.1. The highest BCUT2D eigenvalue weighted by molar-refractivity contribution is 5.94. The monoisotopic (exact) mass is 588 g/mol. The van der Waals surface area contributed by atoms with Gasteiger partial charge in [-0.15, -0.1) is 0 Å². The van der Waals surface area contributed by atoms with Crippen molar-refractivity contribution >= 4 is 22.8 Å². The van der Waals surface area contributed by atoms with Gasteiger partial charge in [-0.1, -0.05) is 12.1 Å². The summed E-state index contributed by atoms with van der Waals surface area (Å²) >= 11 is 0. The predicted molar refractivity (Wildman–Crippen MR) is 153 cm³/mol. The van der Waals surface area contributed by atoms with Gasteiger partial charge in [-0.2, -0.15) is 10.2 Å². The van der Waals surface area contributed by atoms with Gasteiger partial charge >= 0.3 is 5.97 Å². The van der Waals surface area contributed by atoms with Crippen LogP contribution in [-0.4, -0.2) is 71.4 Å². The van der Waals surface area contributed by atoms with E-state index in [4.69, 9.17) is 19.5 Å². The minimum Gasteiger partial charge on any atom is -0.473 e. The average Bonchev–Trinajstić information content (AvgIpc) is 3.35. The van der Waals surface area contributed by atoms with Crippen molar-refractivity contribution in [1.82, 2.24) is 19.4 Å². The standard InChI is InChI=1S/C31H30F2N6O4/c1-41-31(40)22-14-25(33)30-26(15-22)39(17-23-7-12-42-23)28(36-30)18-37-8-10-38(11-9-37)27-3-2-4-29(35-27)43-19-21-6-5-20(16-34)13-24(21)32/h2-6,13-15,23H,7-12,17-19H2,1H3/t23-/m0/s1. The third-order valence-corrected chi connectivity index (χ3v) is 7.82. The minimum atomic E-state index is -0.601. The van der Waals surface area contributed by atoms with Crippen LogP contribution < -0.4 is 9.64 Å². The molecule has 0 saturated carbocycles. The minimum absolute atomic E-state index is 0.00358. The first-order chi connectivity index (χ1) is 20.9. The van der Waals surface area contributed by atoms with Crippen molar-refractivity contribution in [3.05, 3.63) is 82.7 Å². The van der Waals surface area contributed by atoms with Crippen molar-refractivity contribution in [2.75, 3.05) is 44.8 Å². The largest absolute Gasteiger partial charge is 0.473 e. The number of methoxy groups -OCH3 is 1. The predicted octanol–water partition coefficient (Wildman–Crippen LogP) is 4.06. The summed E-state index contributed by atoms with van der Waals surface area (Å²) in [6, 6.07) is 14.5. The zero-order chi connectivity index (χ0) is 29.9. The Bertz CT molecular complexity index is 1690. The second-order valence-corrected chi connectivity index (χ2v) is 10.5. The van der Waals surface area contributed by atoms with E-state index in [0.717, 1.165) is 25.3 Å². The lowest BCUT2D eigenvalue weighted by molar-refractivity contribution is -0.0592. The molecule has 0 amide bonds. The van der Waals surface area contributed by atoms with E-state index in [1.54, 1.807) is 18.2 Å². The summed E-state index contributed by atoms with van der Waals surface area (Å²) in [4.78, 5) is 25.8. The van der Waals surface area contributed by atoms with Gasteiger partial charge in [-0.25, -0.2) is 18.6 Å². The molecule has 2 saturated heterocycles.